The third kappa shape index (κ3) is 5.20. The van der Waals surface area contributed by atoms with E-state index >= 15 is 0 Å². The Bertz CT molecular complexity index is 464. The normalized spacial score (nSPS) is 13.6. The first-order valence-electron chi connectivity index (χ1n) is 5.16. The van der Waals surface area contributed by atoms with Gasteiger partial charge in [-0.1, -0.05) is 0 Å². The predicted octanol–water partition coefficient (Wildman–Crippen LogP) is 0.550. The second kappa shape index (κ2) is 6.04. The van der Waals surface area contributed by atoms with Crippen molar-refractivity contribution < 1.29 is 12.8 Å². The minimum atomic E-state index is -2.98. The van der Waals surface area contributed by atoms with Gasteiger partial charge in [0.15, 0.2) is 0 Å². The van der Waals surface area contributed by atoms with E-state index in [0.29, 0.717) is 18.4 Å². The molecule has 1 rings (SSSR count). The van der Waals surface area contributed by atoms with Gasteiger partial charge in [0.1, 0.15) is 15.7 Å². The van der Waals surface area contributed by atoms with Crippen molar-refractivity contribution in [1.29, 1.82) is 0 Å². The first kappa shape index (κ1) is 14.0. The standard InChI is InChI=1S/C10H16FN3O2S/c1-17(15,16)4-2-3-10(14-12)8-5-9(11)7-13-6-8/h5-7,10,14H,2-4,12H2,1H3. The fraction of sp³-hybridized carbons (Fsp3) is 0.500. The van der Waals surface area contributed by atoms with Crippen molar-refractivity contribution in [2.45, 2.75) is 18.9 Å². The molecule has 1 aromatic heterocycles. The molecule has 0 aliphatic heterocycles. The minimum Gasteiger partial charge on any atom is -0.271 e. The first-order valence-corrected chi connectivity index (χ1v) is 7.23. The highest BCUT2D eigenvalue weighted by molar-refractivity contribution is 7.90. The molecule has 3 N–H and O–H groups in total. The van der Waals surface area contributed by atoms with E-state index in [4.69, 9.17) is 5.84 Å². The van der Waals surface area contributed by atoms with Gasteiger partial charge in [0.25, 0.3) is 0 Å². The summed E-state index contributed by atoms with van der Waals surface area (Å²) in [6, 6.07) is 1.04. The van der Waals surface area contributed by atoms with Crippen LogP contribution in [0.5, 0.6) is 0 Å². The van der Waals surface area contributed by atoms with E-state index in [1.807, 2.05) is 0 Å². The van der Waals surface area contributed by atoms with E-state index in [9.17, 15) is 12.8 Å². The third-order valence-corrected chi connectivity index (χ3v) is 3.37. The molecule has 1 atom stereocenters. The molecule has 0 amide bonds. The second-order valence-electron chi connectivity index (χ2n) is 3.93. The van der Waals surface area contributed by atoms with Gasteiger partial charge in [0.2, 0.25) is 0 Å². The molecular formula is C10H16FN3O2S. The number of hydrazine groups is 1. The molecular weight excluding hydrogens is 245 g/mol. The molecule has 0 spiro atoms. The van der Waals surface area contributed by atoms with E-state index < -0.39 is 15.7 Å². The van der Waals surface area contributed by atoms with Crippen molar-refractivity contribution in [2.75, 3.05) is 12.0 Å². The molecule has 5 nitrogen and oxygen atoms in total. The average molecular weight is 261 g/mol. The van der Waals surface area contributed by atoms with Gasteiger partial charge in [0.05, 0.1) is 6.20 Å². The molecule has 0 saturated carbocycles. The fourth-order valence-electron chi connectivity index (χ4n) is 1.51. The summed E-state index contributed by atoms with van der Waals surface area (Å²) in [7, 11) is -2.98. The van der Waals surface area contributed by atoms with Crippen LogP contribution in [0.4, 0.5) is 4.39 Å². The van der Waals surface area contributed by atoms with Gasteiger partial charge in [-0.2, -0.15) is 0 Å². The Hall–Kier alpha value is -1.05. The summed E-state index contributed by atoms with van der Waals surface area (Å²) < 4.78 is 34.9. The van der Waals surface area contributed by atoms with Gasteiger partial charge in [-0.05, 0) is 24.5 Å². The number of nitrogens with one attached hydrogen (secondary N) is 1. The lowest BCUT2D eigenvalue weighted by atomic mass is 10.1. The van der Waals surface area contributed by atoms with E-state index in [1.54, 1.807) is 0 Å². The van der Waals surface area contributed by atoms with Crippen molar-refractivity contribution in [1.82, 2.24) is 10.4 Å². The summed E-state index contributed by atoms with van der Waals surface area (Å²) in [5, 5.41) is 0. The molecule has 0 fully saturated rings. The SMILES string of the molecule is CS(=O)(=O)CCCC(NN)c1cncc(F)c1. The number of pyridine rings is 1. The molecule has 96 valence electrons. The quantitative estimate of drug-likeness (QED) is 0.577. The van der Waals surface area contributed by atoms with Crippen LogP contribution >= 0.6 is 0 Å². The summed E-state index contributed by atoms with van der Waals surface area (Å²) >= 11 is 0. The predicted molar refractivity (Wildman–Crippen MR) is 63.2 cm³/mol. The largest absolute Gasteiger partial charge is 0.271 e. The van der Waals surface area contributed by atoms with Crippen LogP contribution < -0.4 is 11.3 Å². The van der Waals surface area contributed by atoms with Gasteiger partial charge in [-0.3, -0.25) is 16.3 Å². The first-order chi connectivity index (χ1) is 7.92. The van der Waals surface area contributed by atoms with Crippen LogP contribution in [0, 0.1) is 5.82 Å². The van der Waals surface area contributed by atoms with Crippen molar-refractivity contribution in [3.05, 3.63) is 29.8 Å². The smallest absolute Gasteiger partial charge is 0.147 e. The Kier molecular flexibility index (Phi) is 4.98. The summed E-state index contributed by atoms with van der Waals surface area (Å²) in [5.41, 5.74) is 3.14. The number of halogens is 1. The lowest BCUT2D eigenvalue weighted by molar-refractivity contribution is 0.501. The molecule has 0 saturated heterocycles. The molecule has 7 heteroatoms. The van der Waals surface area contributed by atoms with Gasteiger partial charge in [-0.25, -0.2) is 12.8 Å². The number of hydrogen-bond donors (Lipinski definition) is 2. The molecule has 1 aromatic rings. The lowest BCUT2D eigenvalue weighted by Gasteiger charge is -2.15. The van der Waals surface area contributed by atoms with Crippen molar-refractivity contribution in [3.8, 4) is 0 Å². The van der Waals surface area contributed by atoms with Crippen LogP contribution in [0.15, 0.2) is 18.5 Å². The zero-order chi connectivity index (χ0) is 12.9. The van der Waals surface area contributed by atoms with E-state index in [2.05, 4.69) is 10.4 Å². The molecule has 0 aromatic carbocycles. The zero-order valence-electron chi connectivity index (χ0n) is 9.56. The minimum absolute atomic E-state index is 0.0912. The molecule has 0 aliphatic carbocycles. The van der Waals surface area contributed by atoms with Crippen LogP contribution in [-0.4, -0.2) is 25.4 Å². The van der Waals surface area contributed by atoms with Gasteiger partial charge < -0.3 is 0 Å². The number of sulfone groups is 1. The summed E-state index contributed by atoms with van der Waals surface area (Å²) in [5.74, 6) is 5.01. The molecule has 0 aliphatic rings. The van der Waals surface area contributed by atoms with Gasteiger partial charge >= 0.3 is 0 Å². The number of rotatable bonds is 6. The second-order valence-corrected chi connectivity index (χ2v) is 6.19. The molecule has 17 heavy (non-hydrogen) atoms. The Morgan fingerprint density at radius 2 is 2.24 bits per heavy atom. The third-order valence-electron chi connectivity index (χ3n) is 2.34. The van der Waals surface area contributed by atoms with Crippen LogP contribution in [-0.2, 0) is 9.84 Å². The Balaban J connectivity index is 2.60. The molecule has 1 heterocycles. The number of aromatic nitrogens is 1. The summed E-state index contributed by atoms with van der Waals surface area (Å²) in [6.07, 6.45) is 4.77. The summed E-state index contributed by atoms with van der Waals surface area (Å²) in [6.45, 7) is 0. The van der Waals surface area contributed by atoms with E-state index in [-0.39, 0.29) is 11.8 Å². The fourth-order valence-corrected chi connectivity index (χ4v) is 2.21. The number of nitrogens with zero attached hydrogens (tertiary/aromatic N) is 1. The van der Waals surface area contributed by atoms with Crippen LogP contribution in [0.1, 0.15) is 24.4 Å². The Labute approximate surface area is 100 Å². The van der Waals surface area contributed by atoms with Crippen molar-refractivity contribution in [2.24, 2.45) is 5.84 Å². The molecule has 0 radical (unpaired) electrons. The Morgan fingerprint density at radius 1 is 1.53 bits per heavy atom. The van der Waals surface area contributed by atoms with Gasteiger partial charge in [-0.15, -0.1) is 0 Å². The monoisotopic (exact) mass is 261 g/mol. The highest BCUT2D eigenvalue weighted by atomic mass is 32.2. The number of nitrogens with two attached hydrogens (primary N) is 1. The van der Waals surface area contributed by atoms with Crippen molar-refractivity contribution in [3.63, 3.8) is 0 Å². The maximum Gasteiger partial charge on any atom is 0.147 e. The summed E-state index contributed by atoms with van der Waals surface area (Å²) in [4.78, 5) is 3.72. The van der Waals surface area contributed by atoms with Gasteiger partial charge in [0, 0.05) is 24.2 Å². The number of hydrogen-bond acceptors (Lipinski definition) is 5. The van der Waals surface area contributed by atoms with E-state index in [0.717, 1.165) is 6.20 Å². The van der Waals surface area contributed by atoms with Crippen LogP contribution in [0.25, 0.3) is 0 Å². The Morgan fingerprint density at radius 3 is 2.76 bits per heavy atom. The lowest BCUT2D eigenvalue weighted by Crippen LogP contribution is -2.28. The average Bonchev–Trinajstić information content (AvgIpc) is 2.23. The van der Waals surface area contributed by atoms with Crippen LogP contribution in [0.2, 0.25) is 0 Å². The van der Waals surface area contributed by atoms with Crippen LogP contribution in [0.3, 0.4) is 0 Å². The van der Waals surface area contributed by atoms with E-state index in [1.165, 1.54) is 18.5 Å². The highest BCUT2D eigenvalue weighted by Crippen LogP contribution is 2.17. The maximum absolute atomic E-state index is 12.9. The topological polar surface area (TPSA) is 85.1 Å². The van der Waals surface area contributed by atoms with Crippen molar-refractivity contribution >= 4 is 9.84 Å². The molecule has 0 bridgehead atoms. The zero-order valence-corrected chi connectivity index (χ0v) is 10.4. The molecule has 1 unspecified atom stereocenters. The highest BCUT2D eigenvalue weighted by Gasteiger charge is 2.12. The maximum atomic E-state index is 12.9.